The maximum absolute atomic E-state index is 10.8. The molecule has 0 saturated carbocycles. The molecule has 18 heavy (non-hydrogen) atoms. The van der Waals surface area contributed by atoms with Crippen LogP contribution >= 0.6 is 11.6 Å². The van der Waals surface area contributed by atoms with Gasteiger partial charge in [0.05, 0.1) is 4.92 Å². The zero-order valence-electron chi connectivity index (χ0n) is 11.2. The van der Waals surface area contributed by atoms with Crippen molar-refractivity contribution < 1.29 is 4.92 Å². The lowest BCUT2D eigenvalue weighted by atomic mass is 9.98. The molecule has 0 bridgehead atoms. The molecule has 0 radical (unpaired) electrons. The molecule has 0 aliphatic rings. The van der Waals surface area contributed by atoms with E-state index in [1.54, 1.807) is 6.07 Å². The Labute approximate surface area is 112 Å². The summed E-state index contributed by atoms with van der Waals surface area (Å²) in [7, 11) is 0. The molecule has 0 unspecified atom stereocenters. The van der Waals surface area contributed by atoms with Gasteiger partial charge < -0.3 is 5.32 Å². The second-order valence-electron chi connectivity index (χ2n) is 5.13. The minimum atomic E-state index is -0.462. The van der Waals surface area contributed by atoms with E-state index in [4.69, 9.17) is 11.6 Å². The molecule has 0 aliphatic carbocycles. The Bertz CT molecular complexity index is 459. The predicted molar refractivity (Wildman–Crippen MR) is 75.5 cm³/mol. The Morgan fingerprint density at radius 3 is 2.56 bits per heavy atom. The van der Waals surface area contributed by atoms with Gasteiger partial charge in [0.25, 0.3) is 5.69 Å². The first-order valence-electron chi connectivity index (χ1n) is 5.99. The summed E-state index contributed by atoms with van der Waals surface area (Å²) >= 11 is 5.92. The van der Waals surface area contributed by atoms with E-state index in [-0.39, 0.29) is 16.2 Å². The summed E-state index contributed by atoms with van der Waals surface area (Å²) in [5.41, 5.74) is 1.58. The van der Waals surface area contributed by atoms with E-state index in [0.717, 1.165) is 24.1 Å². The summed E-state index contributed by atoms with van der Waals surface area (Å²) in [4.78, 5) is 10.3. The second-order valence-corrected chi connectivity index (χ2v) is 5.54. The van der Waals surface area contributed by atoms with Crippen LogP contribution in [0.25, 0.3) is 0 Å². The molecule has 0 spiro atoms. The second kappa shape index (κ2) is 5.57. The Hall–Kier alpha value is -1.29. The minimum absolute atomic E-state index is 0.0481. The van der Waals surface area contributed by atoms with E-state index in [1.165, 1.54) is 6.07 Å². The van der Waals surface area contributed by atoms with Gasteiger partial charge in [-0.05, 0) is 38.8 Å². The van der Waals surface area contributed by atoms with Crippen molar-refractivity contribution in [2.45, 2.75) is 46.1 Å². The topological polar surface area (TPSA) is 55.2 Å². The lowest BCUT2D eigenvalue weighted by Crippen LogP contribution is -2.30. The summed E-state index contributed by atoms with van der Waals surface area (Å²) in [6, 6.07) is 3.14. The molecular weight excluding hydrogens is 252 g/mol. The zero-order chi connectivity index (χ0) is 13.9. The van der Waals surface area contributed by atoms with Gasteiger partial charge in [-0.15, -0.1) is 0 Å². The Balaban J connectivity index is 3.05. The number of hydrogen-bond acceptors (Lipinski definition) is 3. The first-order valence-corrected chi connectivity index (χ1v) is 6.37. The smallest absolute Gasteiger partial charge is 0.288 e. The SMILES string of the molecule is CCCC(C)(C)Nc1cc(Cl)c([N+](=O)[O-])cc1C. The van der Waals surface area contributed by atoms with Gasteiger partial charge in [-0.2, -0.15) is 0 Å². The molecule has 1 rings (SSSR count). The van der Waals surface area contributed by atoms with E-state index >= 15 is 0 Å². The molecule has 0 aromatic heterocycles. The maximum Gasteiger partial charge on any atom is 0.288 e. The number of aryl methyl sites for hydroxylation is 1. The first kappa shape index (κ1) is 14.8. The van der Waals surface area contributed by atoms with Gasteiger partial charge in [0.15, 0.2) is 0 Å². The third kappa shape index (κ3) is 3.60. The number of nitrogens with zero attached hydrogens (tertiary/aromatic N) is 1. The molecule has 0 atom stereocenters. The quantitative estimate of drug-likeness (QED) is 0.631. The molecule has 0 saturated heterocycles. The molecule has 0 aliphatic heterocycles. The molecular formula is C13H19ClN2O2. The van der Waals surface area contributed by atoms with Gasteiger partial charge in [0.2, 0.25) is 0 Å². The fraction of sp³-hybridized carbons (Fsp3) is 0.538. The fourth-order valence-electron chi connectivity index (χ4n) is 1.99. The highest BCUT2D eigenvalue weighted by Crippen LogP contribution is 2.32. The van der Waals surface area contributed by atoms with Crippen molar-refractivity contribution in [3.63, 3.8) is 0 Å². The van der Waals surface area contributed by atoms with E-state index < -0.39 is 4.92 Å². The number of halogens is 1. The summed E-state index contributed by atoms with van der Waals surface area (Å²) in [6.45, 7) is 8.17. The van der Waals surface area contributed by atoms with Gasteiger partial charge in [-0.3, -0.25) is 10.1 Å². The number of nitro groups is 1. The van der Waals surface area contributed by atoms with Crippen LogP contribution in [0.15, 0.2) is 12.1 Å². The Morgan fingerprint density at radius 2 is 2.06 bits per heavy atom. The van der Waals surface area contributed by atoms with Crippen LogP contribution in [0.2, 0.25) is 5.02 Å². The summed E-state index contributed by atoms with van der Waals surface area (Å²) < 4.78 is 0. The predicted octanol–water partition coefficient (Wildman–Crippen LogP) is 4.55. The molecule has 100 valence electrons. The van der Waals surface area contributed by atoms with Gasteiger partial charge in [0, 0.05) is 17.3 Å². The van der Waals surface area contributed by atoms with Gasteiger partial charge >= 0.3 is 0 Å². The lowest BCUT2D eigenvalue weighted by molar-refractivity contribution is -0.384. The number of nitro benzene ring substituents is 1. The highest BCUT2D eigenvalue weighted by atomic mass is 35.5. The third-order valence-electron chi connectivity index (χ3n) is 2.84. The van der Waals surface area contributed by atoms with E-state index in [1.807, 2.05) is 6.92 Å². The van der Waals surface area contributed by atoms with Crippen molar-refractivity contribution in [1.82, 2.24) is 0 Å². The van der Waals surface area contributed by atoms with Crippen LogP contribution in [0, 0.1) is 17.0 Å². The monoisotopic (exact) mass is 270 g/mol. The summed E-state index contributed by atoms with van der Waals surface area (Å²) in [5.74, 6) is 0. The molecule has 0 amide bonds. The number of rotatable bonds is 5. The molecule has 0 fully saturated rings. The van der Waals surface area contributed by atoms with Crippen molar-refractivity contribution in [2.75, 3.05) is 5.32 Å². The van der Waals surface area contributed by atoms with Crippen molar-refractivity contribution in [3.8, 4) is 0 Å². The van der Waals surface area contributed by atoms with Crippen molar-refractivity contribution in [1.29, 1.82) is 0 Å². The van der Waals surface area contributed by atoms with Crippen LogP contribution in [-0.4, -0.2) is 10.5 Å². The van der Waals surface area contributed by atoms with Crippen LogP contribution in [0.5, 0.6) is 0 Å². The fourth-order valence-corrected chi connectivity index (χ4v) is 2.23. The van der Waals surface area contributed by atoms with Gasteiger partial charge in [0.1, 0.15) is 5.02 Å². The highest BCUT2D eigenvalue weighted by molar-refractivity contribution is 6.33. The number of benzene rings is 1. The van der Waals surface area contributed by atoms with E-state index in [0.29, 0.717) is 0 Å². The van der Waals surface area contributed by atoms with E-state index in [2.05, 4.69) is 26.1 Å². The Kier molecular flexibility index (Phi) is 4.57. The number of nitrogens with one attached hydrogen (secondary N) is 1. The van der Waals surface area contributed by atoms with Gasteiger partial charge in [-0.1, -0.05) is 24.9 Å². The Morgan fingerprint density at radius 1 is 1.44 bits per heavy atom. The average Bonchev–Trinajstić information content (AvgIpc) is 2.21. The number of hydrogen-bond donors (Lipinski definition) is 1. The largest absolute Gasteiger partial charge is 0.380 e. The average molecular weight is 271 g/mol. The van der Waals surface area contributed by atoms with Gasteiger partial charge in [-0.25, -0.2) is 0 Å². The maximum atomic E-state index is 10.8. The summed E-state index contributed by atoms with van der Waals surface area (Å²) in [6.07, 6.45) is 2.08. The van der Waals surface area contributed by atoms with Crippen LogP contribution in [-0.2, 0) is 0 Å². The van der Waals surface area contributed by atoms with Crippen LogP contribution in [0.4, 0.5) is 11.4 Å². The minimum Gasteiger partial charge on any atom is -0.380 e. The molecule has 0 heterocycles. The standard InChI is InChI=1S/C13H19ClN2O2/c1-5-6-13(3,4)15-11-8-10(14)12(16(17)18)7-9(11)2/h7-8,15H,5-6H2,1-4H3. The molecule has 1 aromatic carbocycles. The van der Waals surface area contributed by atoms with Crippen LogP contribution < -0.4 is 5.32 Å². The zero-order valence-corrected chi connectivity index (χ0v) is 12.0. The van der Waals surface area contributed by atoms with Crippen LogP contribution in [0.1, 0.15) is 39.2 Å². The molecule has 5 heteroatoms. The molecule has 1 aromatic rings. The normalized spacial score (nSPS) is 11.4. The first-order chi connectivity index (χ1) is 8.26. The van der Waals surface area contributed by atoms with E-state index in [9.17, 15) is 10.1 Å². The molecule has 4 nitrogen and oxygen atoms in total. The summed E-state index contributed by atoms with van der Waals surface area (Å²) in [5, 5.41) is 14.3. The van der Waals surface area contributed by atoms with Crippen molar-refractivity contribution >= 4 is 23.0 Å². The van der Waals surface area contributed by atoms with Crippen molar-refractivity contribution in [2.24, 2.45) is 0 Å². The third-order valence-corrected chi connectivity index (χ3v) is 3.14. The highest BCUT2D eigenvalue weighted by Gasteiger charge is 2.20. The lowest BCUT2D eigenvalue weighted by Gasteiger charge is -2.28. The van der Waals surface area contributed by atoms with Crippen LogP contribution in [0.3, 0.4) is 0 Å². The molecule has 1 N–H and O–H groups in total. The van der Waals surface area contributed by atoms with Crippen molar-refractivity contribution in [3.05, 3.63) is 32.8 Å². The number of anilines is 1.